The minimum absolute atomic E-state index is 0.0380. The van der Waals surface area contributed by atoms with E-state index in [1.165, 1.54) is 15.9 Å². The zero-order valence-corrected chi connectivity index (χ0v) is 29.6. The fraction of sp³-hybridized carbons (Fsp3) is 0.316. The van der Waals surface area contributed by atoms with Crippen LogP contribution in [0.15, 0.2) is 65.6 Å². The number of piperidine rings is 1. The molecule has 3 aliphatic rings. The number of anilines is 2. The van der Waals surface area contributed by atoms with E-state index in [9.17, 15) is 19.2 Å². The molecule has 13 nitrogen and oxygen atoms in total. The Morgan fingerprint density at radius 1 is 0.962 bits per heavy atom. The third-order valence-corrected chi connectivity index (χ3v) is 11.7. The third kappa shape index (κ3) is 5.40. The van der Waals surface area contributed by atoms with E-state index in [0.29, 0.717) is 29.9 Å². The van der Waals surface area contributed by atoms with Gasteiger partial charge in [0.25, 0.3) is 5.91 Å². The molecule has 9 rings (SSSR count). The molecule has 0 radical (unpaired) electrons. The number of pyridine rings is 2. The Kier molecular flexibility index (Phi) is 7.81. The number of carbonyl (C=O) groups is 3. The standard InChI is InChI=1S/C38H37N9O4S/c1-21-18-40-33-32-24-7-8-25(42-26(24)9-11-29(32)52-35(33)37(50)41-21)22-6-12-30(39-19-22)46-16-14-45(15-17-46)20-23-4-3-5-27-34(23)44(2)38(51)47(27)28-10-13-31(48)43-36(28)49/h3-9,11-12,19,21,28,40H,10,13-18,20H2,1-2H3,(H,41,50)(H,43,48,49)/t21-,28?/m1/s1. The Balaban J connectivity index is 0.896. The average Bonchev–Trinajstić information content (AvgIpc) is 3.61. The molecule has 2 atom stereocenters. The molecular formula is C38H37N9O4S. The van der Waals surface area contributed by atoms with Crippen molar-refractivity contribution in [2.45, 2.75) is 38.4 Å². The van der Waals surface area contributed by atoms with Gasteiger partial charge in [0.2, 0.25) is 11.8 Å². The van der Waals surface area contributed by atoms with E-state index in [-0.39, 0.29) is 30.0 Å². The lowest BCUT2D eigenvalue weighted by molar-refractivity contribution is -0.135. The third-order valence-electron chi connectivity index (χ3n) is 10.5. The van der Waals surface area contributed by atoms with Crippen LogP contribution in [0.2, 0.25) is 0 Å². The maximum absolute atomic E-state index is 13.4. The highest BCUT2D eigenvalue weighted by atomic mass is 32.1. The number of thiophene rings is 1. The van der Waals surface area contributed by atoms with Gasteiger partial charge in [-0.25, -0.2) is 14.8 Å². The molecule has 14 heteroatoms. The molecule has 2 fully saturated rings. The lowest BCUT2D eigenvalue weighted by atomic mass is 10.1. The SMILES string of the molecule is C[C@@H]1CNc2c(sc3ccc4nc(-c5ccc(N6CCN(Cc7cccc8c7n(C)c(=O)n8C7CCC(=O)NC7=O)CC6)nc5)ccc4c23)C(=O)N1. The number of aryl methyl sites for hydroxylation is 1. The van der Waals surface area contributed by atoms with E-state index in [4.69, 9.17) is 9.97 Å². The highest BCUT2D eigenvalue weighted by molar-refractivity contribution is 7.21. The van der Waals surface area contributed by atoms with Crippen molar-refractivity contribution < 1.29 is 14.4 Å². The predicted molar refractivity (Wildman–Crippen MR) is 202 cm³/mol. The topological polar surface area (TPSA) is 146 Å². The summed E-state index contributed by atoms with van der Waals surface area (Å²) in [5.41, 5.74) is 5.81. The first-order valence-electron chi connectivity index (χ1n) is 17.6. The molecule has 7 heterocycles. The first-order chi connectivity index (χ1) is 25.2. The number of nitrogens with zero attached hydrogens (tertiary/aromatic N) is 6. The monoisotopic (exact) mass is 715 g/mol. The number of hydrogen-bond donors (Lipinski definition) is 3. The van der Waals surface area contributed by atoms with Crippen LogP contribution in [-0.2, 0) is 23.2 Å². The van der Waals surface area contributed by atoms with Crippen molar-refractivity contribution >= 4 is 72.6 Å². The molecule has 3 N–H and O–H groups in total. The Labute approximate surface area is 302 Å². The Morgan fingerprint density at radius 2 is 1.81 bits per heavy atom. The summed E-state index contributed by atoms with van der Waals surface area (Å²) in [6.07, 6.45) is 2.40. The van der Waals surface area contributed by atoms with Gasteiger partial charge < -0.3 is 15.5 Å². The van der Waals surface area contributed by atoms with E-state index in [1.54, 1.807) is 11.6 Å². The number of hydrogen-bond acceptors (Lipinski definition) is 10. The van der Waals surface area contributed by atoms with Crippen molar-refractivity contribution in [1.29, 1.82) is 0 Å². The van der Waals surface area contributed by atoms with Crippen molar-refractivity contribution in [3.8, 4) is 11.3 Å². The van der Waals surface area contributed by atoms with Crippen LogP contribution in [0.5, 0.6) is 0 Å². The van der Waals surface area contributed by atoms with E-state index < -0.39 is 11.9 Å². The number of para-hydroxylation sites is 1. The summed E-state index contributed by atoms with van der Waals surface area (Å²) in [5, 5.41) is 11.0. The number of imidazole rings is 1. The highest BCUT2D eigenvalue weighted by Gasteiger charge is 2.32. The highest BCUT2D eigenvalue weighted by Crippen LogP contribution is 2.41. The van der Waals surface area contributed by atoms with Gasteiger partial charge in [-0.15, -0.1) is 11.3 Å². The van der Waals surface area contributed by atoms with E-state index in [2.05, 4.69) is 43.9 Å². The van der Waals surface area contributed by atoms with Crippen molar-refractivity contribution in [2.24, 2.45) is 7.05 Å². The molecule has 1 unspecified atom stereocenters. The fourth-order valence-electron chi connectivity index (χ4n) is 7.86. The number of carbonyl (C=O) groups excluding carboxylic acids is 3. The van der Waals surface area contributed by atoms with Crippen LogP contribution < -0.4 is 26.5 Å². The lowest BCUT2D eigenvalue weighted by Crippen LogP contribution is -2.46. The lowest BCUT2D eigenvalue weighted by Gasteiger charge is -2.35. The number of rotatable bonds is 5. The molecule has 0 aliphatic carbocycles. The molecule has 6 aromatic rings. The number of fused-ring (bicyclic) bond motifs is 6. The van der Waals surface area contributed by atoms with E-state index in [1.807, 2.05) is 49.5 Å². The van der Waals surface area contributed by atoms with Crippen LogP contribution in [0.3, 0.4) is 0 Å². The number of nitrogens with one attached hydrogen (secondary N) is 3. The molecular weight excluding hydrogens is 679 g/mol. The van der Waals surface area contributed by atoms with Crippen molar-refractivity contribution in [1.82, 2.24) is 34.6 Å². The second kappa shape index (κ2) is 12.6. The summed E-state index contributed by atoms with van der Waals surface area (Å²) in [6.45, 7) is 6.59. The normalized spacial score (nSPS) is 19.8. The minimum Gasteiger partial charge on any atom is -0.381 e. The number of aromatic nitrogens is 4. The van der Waals surface area contributed by atoms with Crippen LogP contribution in [0, 0.1) is 0 Å². The van der Waals surface area contributed by atoms with Gasteiger partial charge >= 0.3 is 5.69 Å². The fourth-order valence-corrected chi connectivity index (χ4v) is 8.96. The quantitative estimate of drug-likeness (QED) is 0.226. The first kappa shape index (κ1) is 32.3. The molecule has 0 saturated carbocycles. The van der Waals surface area contributed by atoms with Crippen LogP contribution in [0.1, 0.15) is 41.0 Å². The summed E-state index contributed by atoms with van der Waals surface area (Å²) < 4.78 is 4.21. The predicted octanol–water partition coefficient (Wildman–Crippen LogP) is 4.01. The zero-order valence-electron chi connectivity index (χ0n) is 28.8. The molecule has 4 aromatic heterocycles. The molecule has 2 aromatic carbocycles. The van der Waals surface area contributed by atoms with Crippen LogP contribution in [0.4, 0.5) is 11.5 Å². The van der Waals surface area contributed by atoms with Gasteiger partial charge in [0.05, 0.1) is 27.9 Å². The summed E-state index contributed by atoms with van der Waals surface area (Å²) in [6, 6.07) is 17.5. The first-order valence-corrected chi connectivity index (χ1v) is 18.4. The second-order valence-electron chi connectivity index (χ2n) is 13.9. The minimum atomic E-state index is -0.705. The summed E-state index contributed by atoms with van der Waals surface area (Å²) in [5.74, 6) is 0.142. The van der Waals surface area contributed by atoms with Crippen molar-refractivity contribution in [2.75, 3.05) is 42.9 Å². The summed E-state index contributed by atoms with van der Waals surface area (Å²) in [4.78, 5) is 65.8. The van der Waals surface area contributed by atoms with Crippen LogP contribution in [-0.4, -0.2) is 80.5 Å². The maximum Gasteiger partial charge on any atom is 0.329 e. The van der Waals surface area contributed by atoms with E-state index >= 15 is 0 Å². The van der Waals surface area contributed by atoms with Crippen molar-refractivity contribution in [3.63, 3.8) is 0 Å². The van der Waals surface area contributed by atoms with Gasteiger partial charge in [0, 0.05) is 86.0 Å². The summed E-state index contributed by atoms with van der Waals surface area (Å²) >= 11 is 1.51. The Morgan fingerprint density at radius 3 is 2.60 bits per heavy atom. The Bertz CT molecular complexity index is 2490. The van der Waals surface area contributed by atoms with Gasteiger partial charge in [-0.2, -0.15) is 0 Å². The van der Waals surface area contributed by atoms with Gasteiger partial charge in [-0.05, 0) is 61.4 Å². The number of amides is 3. The summed E-state index contributed by atoms with van der Waals surface area (Å²) in [7, 11) is 1.74. The average molecular weight is 716 g/mol. The largest absolute Gasteiger partial charge is 0.381 e. The molecule has 52 heavy (non-hydrogen) atoms. The maximum atomic E-state index is 13.4. The van der Waals surface area contributed by atoms with Gasteiger partial charge in [-0.1, -0.05) is 12.1 Å². The molecule has 3 aliphatic heterocycles. The smallest absolute Gasteiger partial charge is 0.329 e. The second-order valence-corrected chi connectivity index (χ2v) is 14.9. The zero-order chi connectivity index (χ0) is 35.7. The molecule has 0 spiro atoms. The van der Waals surface area contributed by atoms with E-state index in [0.717, 1.165) is 81.0 Å². The Hall–Kier alpha value is -5.60. The molecule has 3 amide bonds. The van der Waals surface area contributed by atoms with Gasteiger partial charge in [-0.3, -0.25) is 33.7 Å². The molecule has 264 valence electrons. The van der Waals surface area contributed by atoms with Gasteiger partial charge in [0.15, 0.2) is 0 Å². The number of imide groups is 1. The van der Waals surface area contributed by atoms with Gasteiger partial charge in [0.1, 0.15) is 16.7 Å². The van der Waals surface area contributed by atoms with Crippen LogP contribution >= 0.6 is 11.3 Å². The number of benzene rings is 2. The number of piperazine rings is 1. The van der Waals surface area contributed by atoms with Crippen LogP contribution in [0.25, 0.3) is 43.3 Å². The molecule has 0 bridgehead atoms. The molecule has 2 saturated heterocycles. The van der Waals surface area contributed by atoms with Crippen molar-refractivity contribution in [3.05, 3.63) is 81.7 Å².